The molecule has 1 aromatic rings. The average Bonchev–Trinajstić information content (AvgIpc) is 3.42. The zero-order chi connectivity index (χ0) is 16.8. The first-order chi connectivity index (χ1) is 11.7. The molecule has 1 saturated heterocycles. The number of morpholine rings is 1. The lowest BCUT2D eigenvalue weighted by molar-refractivity contribution is -0.120. The molecular formula is C18H28Cl2FN3O2. The number of benzene rings is 1. The molecule has 1 amide bonds. The third-order valence-electron chi connectivity index (χ3n) is 4.65. The second-order valence-corrected chi connectivity index (χ2v) is 6.59. The van der Waals surface area contributed by atoms with Gasteiger partial charge in [-0.1, -0.05) is 12.1 Å². The van der Waals surface area contributed by atoms with Crippen molar-refractivity contribution in [2.45, 2.75) is 18.9 Å². The Bertz CT molecular complexity index is 538. The minimum absolute atomic E-state index is 0. The molecule has 5 nitrogen and oxygen atoms in total. The predicted octanol–water partition coefficient (Wildman–Crippen LogP) is 2.16. The number of hydrogen-bond donors (Lipinski definition) is 2. The van der Waals surface area contributed by atoms with E-state index < -0.39 is 0 Å². The van der Waals surface area contributed by atoms with Crippen LogP contribution in [0.2, 0.25) is 0 Å². The Morgan fingerprint density at radius 2 is 1.85 bits per heavy atom. The molecule has 1 unspecified atom stereocenters. The number of nitrogens with one attached hydrogen (secondary N) is 2. The molecule has 1 atom stereocenters. The Morgan fingerprint density at radius 1 is 1.19 bits per heavy atom. The Labute approximate surface area is 166 Å². The minimum Gasteiger partial charge on any atom is -0.379 e. The van der Waals surface area contributed by atoms with Gasteiger partial charge in [-0.2, -0.15) is 0 Å². The van der Waals surface area contributed by atoms with Crippen molar-refractivity contribution in [3.05, 3.63) is 35.6 Å². The molecule has 8 heteroatoms. The van der Waals surface area contributed by atoms with Gasteiger partial charge >= 0.3 is 0 Å². The zero-order valence-corrected chi connectivity index (χ0v) is 16.4. The monoisotopic (exact) mass is 407 g/mol. The van der Waals surface area contributed by atoms with Crippen LogP contribution in [0.1, 0.15) is 24.4 Å². The van der Waals surface area contributed by atoms with Gasteiger partial charge in [0.05, 0.1) is 25.8 Å². The molecule has 1 saturated carbocycles. The number of hydrogen-bond acceptors (Lipinski definition) is 4. The molecule has 1 aromatic carbocycles. The van der Waals surface area contributed by atoms with Gasteiger partial charge in [0, 0.05) is 19.6 Å². The van der Waals surface area contributed by atoms with Crippen molar-refractivity contribution in [1.29, 1.82) is 0 Å². The van der Waals surface area contributed by atoms with E-state index in [0.29, 0.717) is 26.3 Å². The van der Waals surface area contributed by atoms with Gasteiger partial charge in [0.25, 0.3) is 0 Å². The Hall–Kier alpha value is -0.920. The fourth-order valence-corrected chi connectivity index (χ4v) is 3.02. The van der Waals surface area contributed by atoms with Gasteiger partial charge in [0.2, 0.25) is 5.91 Å². The fraction of sp³-hybridized carbons (Fsp3) is 0.611. The Morgan fingerprint density at radius 3 is 2.46 bits per heavy atom. The number of halogens is 3. The van der Waals surface area contributed by atoms with E-state index in [1.165, 1.54) is 25.0 Å². The summed E-state index contributed by atoms with van der Waals surface area (Å²) in [6, 6.07) is 6.59. The highest BCUT2D eigenvalue weighted by molar-refractivity contribution is 5.85. The standard InChI is InChI=1S/C18H26FN3O2.2ClH/c19-16-5-3-15(4-6-16)17(22-7-9-24-10-8-22)12-21-18(23)13-20-11-14-1-2-14;;/h3-6,14,17,20H,1-2,7-13H2,(H,21,23);2*1H. The summed E-state index contributed by atoms with van der Waals surface area (Å²) >= 11 is 0. The molecular weight excluding hydrogens is 380 g/mol. The molecule has 1 aliphatic heterocycles. The molecule has 0 aromatic heterocycles. The highest BCUT2D eigenvalue weighted by atomic mass is 35.5. The van der Waals surface area contributed by atoms with Crippen LogP contribution in [0.25, 0.3) is 0 Å². The summed E-state index contributed by atoms with van der Waals surface area (Å²) in [5.41, 5.74) is 1.02. The first kappa shape index (κ1) is 23.1. The first-order valence-corrected chi connectivity index (χ1v) is 8.77. The quantitative estimate of drug-likeness (QED) is 0.693. The molecule has 1 aliphatic carbocycles. The molecule has 26 heavy (non-hydrogen) atoms. The minimum atomic E-state index is -0.243. The number of nitrogens with zero attached hydrogens (tertiary/aromatic N) is 1. The summed E-state index contributed by atoms with van der Waals surface area (Å²) < 4.78 is 18.6. The van der Waals surface area contributed by atoms with E-state index >= 15 is 0 Å². The molecule has 1 heterocycles. The highest BCUT2D eigenvalue weighted by Crippen LogP contribution is 2.27. The average molecular weight is 408 g/mol. The summed E-state index contributed by atoms with van der Waals surface area (Å²) in [4.78, 5) is 14.3. The molecule has 0 spiro atoms. The lowest BCUT2D eigenvalue weighted by Crippen LogP contribution is -2.45. The lowest BCUT2D eigenvalue weighted by Gasteiger charge is -2.35. The maximum absolute atomic E-state index is 13.2. The molecule has 0 radical (unpaired) electrons. The summed E-state index contributed by atoms with van der Waals surface area (Å²) in [7, 11) is 0. The van der Waals surface area contributed by atoms with Crippen molar-refractivity contribution in [2.24, 2.45) is 5.92 Å². The molecule has 2 N–H and O–H groups in total. The van der Waals surface area contributed by atoms with E-state index in [0.717, 1.165) is 31.1 Å². The van der Waals surface area contributed by atoms with Gasteiger partial charge in [-0.25, -0.2) is 4.39 Å². The second-order valence-electron chi connectivity index (χ2n) is 6.59. The van der Waals surface area contributed by atoms with E-state index in [2.05, 4.69) is 15.5 Å². The maximum atomic E-state index is 13.2. The van der Waals surface area contributed by atoms with Crippen LogP contribution in [0.4, 0.5) is 4.39 Å². The van der Waals surface area contributed by atoms with Crippen LogP contribution in [0.5, 0.6) is 0 Å². The predicted molar refractivity (Wildman–Crippen MR) is 105 cm³/mol. The fourth-order valence-electron chi connectivity index (χ4n) is 3.02. The third-order valence-corrected chi connectivity index (χ3v) is 4.65. The first-order valence-electron chi connectivity index (χ1n) is 8.77. The molecule has 3 rings (SSSR count). The molecule has 0 bridgehead atoms. The number of ether oxygens (including phenoxy) is 1. The van der Waals surface area contributed by atoms with E-state index in [9.17, 15) is 9.18 Å². The van der Waals surface area contributed by atoms with Crippen LogP contribution < -0.4 is 10.6 Å². The number of carbonyl (C=O) groups excluding carboxylic acids is 1. The van der Waals surface area contributed by atoms with Gasteiger partial charge in [-0.3, -0.25) is 9.69 Å². The normalized spacial score (nSPS) is 18.3. The van der Waals surface area contributed by atoms with Crippen molar-refractivity contribution in [2.75, 3.05) is 45.9 Å². The SMILES string of the molecule is Cl.Cl.O=C(CNCC1CC1)NCC(c1ccc(F)cc1)N1CCOCC1. The summed E-state index contributed by atoms with van der Waals surface area (Å²) in [6.45, 7) is 4.82. The van der Waals surface area contributed by atoms with E-state index in [-0.39, 0.29) is 42.6 Å². The van der Waals surface area contributed by atoms with Gasteiger partial charge in [0.15, 0.2) is 0 Å². The number of rotatable bonds is 8. The van der Waals surface area contributed by atoms with Crippen molar-refractivity contribution in [1.82, 2.24) is 15.5 Å². The van der Waals surface area contributed by atoms with Crippen LogP contribution in [0.3, 0.4) is 0 Å². The van der Waals surface area contributed by atoms with Gasteiger partial charge in [0.1, 0.15) is 5.82 Å². The molecule has 2 aliphatic rings. The van der Waals surface area contributed by atoms with Crippen molar-refractivity contribution in [3.8, 4) is 0 Å². The highest BCUT2D eigenvalue weighted by Gasteiger charge is 2.24. The largest absolute Gasteiger partial charge is 0.379 e. The Balaban J connectivity index is 0.00000169. The topological polar surface area (TPSA) is 53.6 Å². The van der Waals surface area contributed by atoms with Gasteiger partial charge in [-0.15, -0.1) is 24.8 Å². The maximum Gasteiger partial charge on any atom is 0.234 e. The summed E-state index contributed by atoms with van der Waals surface area (Å²) in [6.07, 6.45) is 2.55. The smallest absolute Gasteiger partial charge is 0.234 e. The third kappa shape index (κ3) is 7.37. The Kier molecular flexibility index (Phi) is 10.4. The van der Waals surface area contributed by atoms with E-state index in [1.807, 2.05) is 0 Å². The molecule has 148 valence electrons. The van der Waals surface area contributed by atoms with Crippen molar-refractivity contribution >= 4 is 30.7 Å². The second kappa shape index (κ2) is 11.7. The van der Waals surface area contributed by atoms with Crippen molar-refractivity contribution < 1.29 is 13.9 Å². The van der Waals surface area contributed by atoms with Gasteiger partial charge < -0.3 is 15.4 Å². The van der Waals surface area contributed by atoms with Crippen LogP contribution in [0, 0.1) is 11.7 Å². The van der Waals surface area contributed by atoms with Crippen molar-refractivity contribution in [3.63, 3.8) is 0 Å². The number of carbonyl (C=O) groups is 1. The van der Waals surface area contributed by atoms with Gasteiger partial charge in [-0.05, 0) is 43.0 Å². The van der Waals surface area contributed by atoms with E-state index in [4.69, 9.17) is 4.74 Å². The zero-order valence-electron chi connectivity index (χ0n) is 14.8. The lowest BCUT2D eigenvalue weighted by atomic mass is 10.0. The summed E-state index contributed by atoms with van der Waals surface area (Å²) in [5.74, 6) is 0.530. The van der Waals surface area contributed by atoms with Crippen LogP contribution in [0.15, 0.2) is 24.3 Å². The summed E-state index contributed by atoms with van der Waals surface area (Å²) in [5, 5.41) is 6.21. The number of amides is 1. The van der Waals surface area contributed by atoms with Crippen LogP contribution >= 0.6 is 24.8 Å². The molecule has 2 fully saturated rings. The van der Waals surface area contributed by atoms with Crippen LogP contribution in [-0.2, 0) is 9.53 Å². The van der Waals surface area contributed by atoms with E-state index in [1.54, 1.807) is 12.1 Å². The van der Waals surface area contributed by atoms with Crippen LogP contribution in [-0.4, -0.2) is 56.7 Å².